The van der Waals surface area contributed by atoms with Gasteiger partial charge in [-0.15, -0.1) is 0 Å². The highest BCUT2D eigenvalue weighted by molar-refractivity contribution is 4.80. The molecule has 2 heteroatoms. The van der Waals surface area contributed by atoms with E-state index in [4.69, 9.17) is 5.73 Å². The number of halogens is 1. The summed E-state index contributed by atoms with van der Waals surface area (Å²) in [5.41, 5.74) is 4.76. The fourth-order valence-corrected chi connectivity index (χ4v) is 0.526. The van der Waals surface area contributed by atoms with Gasteiger partial charge in [-0.1, -0.05) is 6.92 Å². The van der Waals surface area contributed by atoms with Crippen molar-refractivity contribution in [3.05, 3.63) is 0 Å². The topological polar surface area (TPSA) is 26.0 Å². The first-order valence-electron chi connectivity index (χ1n) is 2.91. The van der Waals surface area contributed by atoms with Gasteiger partial charge in [0.15, 0.2) is 0 Å². The van der Waals surface area contributed by atoms with Crippen LogP contribution in [0, 0.1) is 0 Å². The molecule has 2 N–H and O–H groups in total. The molecule has 50 valence electrons. The van der Waals surface area contributed by atoms with Crippen LogP contribution in [0.3, 0.4) is 0 Å². The van der Waals surface area contributed by atoms with E-state index in [-0.39, 0.29) is 0 Å². The number of hydrogen-bond donors (Lipinski definition) is 1. The molecule has 0 radical (unpaired) electrons. The Balaban J connectivity index is 3.62. The van der Waals surface area contributed by atoms with Gasteiger partial charge >= 0.3 is 0 Å². The van der Waals surface area contributed by atoms with Crippen molar-refractivity contribution in [3.63, 3.8) is 0 Å². The third-order valence-corrected chi connectivity index (χ3v) is 1.17. The predicted octanol–water partition coefficient (Wildman–Crippen LogP) is 1.47. The Morgan fingerprint density at radius 1 is 1.62 bits per heavy atom. The van der Waals surface area contributed by atoms with Crippen LogP contribution in [0.2, 0.25) is 0 Å². The molecular weight excluding hydrogens is 105 g/mol. The molecule has 0 spiro atoms. The number of nitrogens with two attached hydrogens (primary N) is 1. The van der Waals surface area contributed by atoms with E-state index in [0.29, 0.717) is 6.42 Å². The van der Waals surface area contributed by atoms with E-state index in [2.05, 4.69) is 0 Å². The predicted molar refractivity (Wildman–Crippen MR) is 33.5 cm³/mol. The zero-order valence-electron chi connectivity index (χ0n) is 5.74. The Bertz CT molecular complexity index is 65.4. The quantitative estimate of drug-likeness (QED) is 0.585. The third-order valence-electron chi connectivity index (χ3n) is 1.17. The summed E-state index contributed by atoms with van der Waals surface area (Å²) in [5, 5.41) is 0. The minimum Gasteiger partial charge on any atom is -0.323 e. The van der Waals surface area contributed by atoms with Crippen LogP contribution in [0.4, 0.5) is 4.39 Å². The molecule has 0 saturated carbocycles. The van der Waals surface area contributed by atoms with E-state index in [1.54, 1.807) is 20.8 Å². The van der Waals surface area contributed by atoms with Crippen LogP contribution >= 0.6 is 0 Å². The average molecular weight is 119 g/mol. The van der Waals surface area contributed by atoms with E-state index in [9.17, 15) is 4.39 Å². The van der Waals surface area contributed by atoms with Crippen molar-refractivity contribution in [2.24, 2.45) is 5.73 Å². The van der Waals surface area contributed by atoms with Gasteiger partial charge in [0.05, 0.1) is 0 Å². The lowest BCUT2D eigenvalue weighted by Gasteiger charge is -2.21. The minimum absolute atomic E-state index is 0.503. The zero-order chi connectivity index (χ0) is 6.78. The van der Waals surface area contributed by atoms with Crippen LogP contribution in [0.25, 0.3) is 0 Å². The minimum atomic E-state index is -0.873. The van der Waals surface area contributed by atoms with E-state index < -0.39 is 11.7 Å². The summed E-state index contributed by atoms with van der Waals surface area (Å²) < 4.78 is 12.5. The molecule has 0 saturated heterocycles. The van der Waals surface area contributed by atoms with Gasteiger partial charge < -0.3 is 5.73 Å². The van der Waals surface area contributed by atoms with Gasteiger partial charge in [0.1, 0.15) is 6.17 Å². The third kappa shape index (κ3) is 2.26. The average Bonchev–Trinajstić information content (AvgIpc) is 1.62. The van der Waals surface area contributed by atoms with Crippen molar-refractivity contribution in [1.29, 1.82) is 0 Å². The normalized spacial score (nSPS) is 16.1. The highest BCUT2D eigenvalue weighted by atomic mass is 19.1. The maximum absolute atomic E-state index is 12.5. The standard InChI is InChI=1S/C6H14FN/c1-4-5(7)6(2,3)8/h5H,4,8H2,1-3H3. The summed E-state index contributed by atoms with van der Waals surface area (Å²) >= 11 is 0. The molecule has 1 atom stereocenters. The molecule has 0 aromatic rings. The zero-order valence-corrected chi connectivity index (χ0v) is 5.74. The van der Waals surface area contributed by atoms with Gasteiger partial charge in [-0.25, -0.2) is 4.39 Å². The van der Waals surface area contributed by atoms with Gasteiger partial charge in [-0.05, 0) is 20.3 Å². The lowest BCUT2D eigenvalue weighted by molar-refractivity contribution is 0.213. The van der Waals surface area contributed by atoms with Crippen LogP contribution < -0.4 is 5.73 Å². The molecule has 0 aromatic heterocycles. The molecule has 0 amide bonds. The Labute approximate surface area is 50.1 Å². The fraction of sp³-hybridized carbons (Fsp3) is 1.00. The second kappa shape index (κ2) is 2.44. The number of rotatable bonds is 2. The van der Waals surface area contributed by atoms with Crippen LogP contribution in [-0.4, -0.2) is 11.7 Å². The van der Waals surface area contributed by atoms with Gasteiger partial charge in [0.2, 0.25) is 0 Å². The lowest BCUT2D eigenvalue weighted by Crippen LogP contribution is -2.42. The molecule has 0 fully saturated rings. The van der Waals surface area contributed by atoms with Gasteiger partial charge in [-0.2, -0.15) is 0 Å². The van der Waals surface area contributed by atoms with Crippen molar-refractivity contribution in [1.82, 2.24) is 0 Å². The van der Waals surface area contributed by atoms with E-state index in [1.807, 2.05) is 0 Å². The summed E-state index contributed by atoms with van der Waals surface area (Å²) in [6.45, 7) is 5.18. The van der Waals surface area contributed by atoms with Crippen molar-refractivity contribution < 1.29 is 4.39 Å². The van der Waals surface area contributed by atoms with Crippen LogP contribution in [-0.2, 0) is 0 Å². The van der Waals surface area contributed by atoms with Crippen molar-refractivity contribution >= 4 is 0 Å². The van der Waals surface area contributed by atoms with Crippen molar-refractivity contribution in [3.8, 4) is 0 Å². The first kappa shape index (κ1) is 7.89. The van der Waals surface area contributed by atoms with E-state index in [1.165, 1.54) is 0 Å². The summed E-state index contributed by atoms with van der Waals surface area (Å²) in [7, 11) is 0. The molecule has 0 rings (SSSR count). The molecule has 8 heavy (non-hydrogen) atoms. The molecule has 0 aliphatic carbocycles. The molecule has 0 heterocycles. The second-order valence-electron chi connectivity index (χ2n) is 2.70. The summed E-state index contributed by atoms with van der Waals surface area (Å²) in [4.78, 5) is 0. The van der Waals surface area contributed by atoms with Crippen LogP contribution in [0.1, 0.15) is 27.2 Å². The molecule has 0 bridgehead atoms. The highest BCUT2D eigenvalue weighted by Gasteiger charge is 2.21. The smallest absolute Gasteiger partial charge is 0.117 e. The van der Waals surface area contributed by atoms with Crippen LogP contribution in [0.15, 0.2) is 0 Å². The Morgan fingerprint density at radius 2 is 2.00 bits per heavy atom. The first-order chi connectivity index (χ1) is 3.48. The Morgan fingerprint density at radius 3 is 2.00 bits per heavy atom. The summed E-state index contributed by atoms with van der Waals surface area (Å²) in [6, 6.07) is 0. The molecule has 1 unspecified atom stereocenters. The second-order valence-corrected chi connectivity index (χ2v) is 2.70. The molecule has 1 nitrogen and oxygen atoms in total. The van der Waals surface area contributed by atoms with E-state index in [0.717, 1.165) is 0 Å². The maximum atomic E-state index is 12.5. The number of hydrogen-bond acceptors (Lipinski definition) is 1. The largest absolute Gasteiger partial charge is 0.323 e. The van der Waals surface area contributed by atoms with Gasteiger partial charge in [0, 0.05) is 5.54 Å². The molecule has 0 aliphatic rings. The maximum Gasteiger partial charge on any atom is 0.117 e. The van der Waals surface area contributed by atoms with Gasteiger partial charge in [0.25, 0.3) is 0 Å². The van der Waals surface area contributed by atoms with E-state index >= 15 is 0 Å². The molecule has 0 aromatic carbocycles. The monoisotopic (exact) mass is 119 g/mol. The van der Waals surface area contributed by atoms with Gasteiger partial charge in [-0.3, -0.25) is 0 Å². The van der Waals surface area contributed by atoms with Crippen LogP contribution in [0.5, 0.6) is 0 Å². The highest BCUT2D eigenvalue weighted by Crippen LogP contribution is 2.11. The Kier molecular flexibility index (Phi) is 2.41. The fourth-order valence-electron chi connectivity index (χ4n) is 0.526. The summed E-state index contributed by atoms with van der Waals surface area (Å²) in [5.74, 6) is 0. The molecular formula is C6H14FN. The number of alkyl halides is 1. The lowest BCUT2D eigenvalue weighted by atomic mass is 9.99. The first-order valence-corrected chi connectivity index (χ1v) is 2.91. The van der Waals surface area contributed by atoms with Crippen molar-refractivity contribution in [2.45, 2.75) is 38.9 Å². The summed E-state index contributed by atoms with van der Waals surface area (Å²) in [6.07, 6.45) is -0.369. The van der Waals surface area contributed by atoms with Crippen molar-refractivity contribution in [2.75, 3.05) is 0 Å². The Hall–Kier alpha value is -0.110. The molecule has 0 aliphatic heterocycles. The SMILES string of the molecule is CCC(F)C(C)(C)N.